The van der Waals surface area contributed by atoms with Crippen LogP contribution < -0.4 is 5.32 Å². The highest BCUT2D eigenvalue weighted by atomic mass is 16.6. The molecule has 0 unspecified atom stereocenters. The summed E-state index contributed by atoms with van der Waals surface area (Å²) in [6.45, 7) is 3.29. The van der Waals surface area contributed by atoms with Gasteiger partial charge in [0.1, 0.15) is 12.4 Å². The van der Waals surface area contributed by atoms with E-state index in [0.29, 0.717) is 17.2 Å². The van der Waals surface area contributed by atoms with Crippen LogP contribution >= 0.6 is 0 Å². The largest absolute Gasteiger partial charge is 0.328 e. The number of benzene rings is 1. The molecule has 8 nitrogen and oxygen atoms in total. The van der Waals surface area contributed by atoms with E-state index in [1.807, 2.05) is 0 Å². The average Bonchev–Trinajstić information content (AvgIpc) is 2.93. The summed E-state index contributed by atoms with van der Waals surface area (Å²) in [5, 5.41) is 18.0. The number of hydrogen-bond acceptors (Lipinski definition) is 6. The third-order valence-electron chi connectivity index (χ3n) is 3.59. The van der Waals surface area contributed by atoms with Crippen LogP contribution in [0.4, 0.5) is 11.6 Å². The van der Waals surface area contributed by atoms with Gasteiger partial charge in [0.25, 0.3) is 5.69 Å². The summed E-state index contributed by atoms with van der Waals surface area (Å²) in [7, 11) is 0. The summed E-state index contributed by atoms with van der Waals surface area (Å²) >= 11 is 0. The molecule has 8 heteroatoms. The monoisotopic (exact) mass is 299 g/mol. The zero-order chi connectivity index (χ0) is 15.9. The van der Waals surface area contributed by atoms with E-state index in [1.54, 1.807) is 23.7 Å². The van der Waals surface area contributed by atoms with Gasteiger partial charge in [0.05, 0.1) is 4.92 Å². The molecule has 112 valence electrons. The molecule has 2 heterocycles. The maximum Gasteiger partial charge on any atom is 0.269 e. The summed E-state index contributed by atoms with van der Waals surface area (Å²) in [6, 6.07) is 5.66. The van der Waals surface area contributed by atoms with E-state index in [1.165, 1.54) is 25.4 Å². The Kier molecular flexibility index (Phi) is 3.21. The Morgan fingerprint density at radius 3 is 2.64 bits per heavy atom. The normalized spacial score (nSPS) is 16.9. The first kappa shape index (κ1) is 13.9. The predicted molar refractivity (Wildman–Crippen MR) is 78.3 cm³/mol. The SMILES string of the molecule is CC(=O)C1=C(C)Nc2ncnn2[C@H]1c1ccc([N+](=O)[O-])cc1. The van der Waals surface area contributed by atoms with Gasteiger partial charge in [0.2, 0.25) is 5.95 Å². The molecule has 1 aromatic heterocycles. The lowest BCUT2D eigenvalue weighted by Gasteiger charge is -2.28. The number of rotatable bonds is 3. The van der Waals surface area contributed by atoms with E-state index in [-0.39, 0.29) is 11.5 Å². The van der Waals surface area contributed by atoms with Gasteiger partial charge in [-0.3, -0.25) is 14.9 Å². The topological polar surface area (TPSA) is 103 Å². The maximum atomic E-state index is 12.0. The van der Waals surface area contributed by atoms with Gasteiger partial charge in [-0.25, -0.2) is 4.68 Å². The summed E-state index contributed by atoms with van der Waals surface area (Å²) in [5.41, 5.74) is 2.01. The van der Waals surface area contributed by atoms with Gasteiger partial charge >= 0.3 is 0 Å². The fraction of sp³-hybridized carbons (Fsp3) is 0.214. The van der Waals surface area contributed by atoms with Crippen molar-refractivity contribution in [1.29, 1.82) is 0 Å². The number of nitro groups is 1. The predicted octanol–water partition coefficient (Wildman–Crippen LogP) is 2.06. The first-order chi connectivity index (χ1) is 10.5. The molecule has 0 saturated heterocycles. The molecule has 3 rings (SSSR count). The van der Waals surface area contributed by atoms with E-state index < -0.39 is 11.0 Å². The molecule has 1 aromatic carbocycles. The van der Waals surface area contributed by atoms with E-state index in [4.69, 9.17) is 0 Å². The Morgan fingerprint density at radius 2 is 2.05 bits per heavy atom. The van der Waals surface area contributed by atoms with Crippen molar-refractivity contribution in [3.05, 3.63) is 57.5 Å². The fourth-order valence-electron chi connectivity index (χ4n) is 2.63. The first-order valence-electron chi connectivity index (χ1n) is 6.61. The summed E-state index contributed by atoms with van der Waals surface area (Å²) in [4.78, 5) is 26.5. The second kappa shape index (κ2) is 5.06. The summed E-state index contributed by atoms with van der Waals surface area (Å²) in [5.74, 6) is 0.445. The minimum atomic E-state index is -0.458. The summed E-state index contributed by atoms with van der Waals surface area (Å²) < 4.78 is 1.60. The van der Waals surface area contributed by atoms with Gasteiger partial charge in [-0.05, 0) is 31.5 Å². The average molecular weight is 299 g/mol. The van der Waals surface area contributed by atoms with Crippen molar-refractivity contribution in [3.63, 3.8) is 0 Å². The van der Waals surface area contributed by atoms with E-state index >= 15 is 0 Å². The molecule has 2 aromatic rings. The Labute approximate surface area is 125 Å². The van der Waals surface area contributed by atoms with Crippen LogP contribution in [0.1, 0.15) is 25.5 Å². The number of ketones is 1. The Bertz CT molecular complexity index is 791. The second-order valence-corrected chi connectivity index (χ2v) is 5.00. The first-order valence-corrected chi connectivity index (χ1v) is 6.61. The van der Waals surface area contributed by atoms with Crippen molar-refractivity contribution >= 4 is 17.4 Å². The van der Waals surface area contributed by atoms with Crippen LogP contribution in [0, 0.1) is 10.1 Å². The lowest BCUT2D eigenvalue weighted by Crippen LogP contribution is -2.27. The molecule has 0 spiro atoms. The molecule has 0 bridgehead atoms. The zero-order valence-corrected chi connectivity index (χ0v) is 12.0. The van der Waals surface area contributed by atoms with Gasteiger partial charge in [0, 0.05) is 23.4 Å². The number of allylic oxidation sites excluding steroid dienone is 2. The quantitative estimate of drug-likeness (QED) is 0.687. The summed E-state index contributed by atoms with van der Waals surface area (Å²) in [6.07, 6.45) is 1.40. The molecule has 22 heavy (non-hydrogen) atoms. The number of fused-ring (bicyclic) bond motifs is 1. The lowest BCUT2D eigenvalue weighted by molar-refractivity contribution is -0.384. The molecule has 0 fully saturated rings. The number of carbonyl (C=O) groups is 1. The van der Waals surface area contributed by atoms with Gasteiger partial charge in [0.15, 0.2) is 5.78 Å². The minimum Gasteiger partial charge on any atom is -0.328 e. The molecule has 0 saturated carbocycles. The fourth-order valence-corrected chi connectivity index (χ4v) is 2.63. The van der Waals surface area contributed by atoms with Crippen molar-refractivity contribution in [2.24, 2.45) is 0 Å². The van der Waals surface area contributed by atoms with Crippen molar-refractivity contribution in [2.75, 3.05) is 5.32 Å². The van der Waals surface area contributed by atoms with Gasteiger partial charge in [-0.2, -0.15) is 10.1 Å². The number of anilines is 1. The van der Waals surface area contributed by atoms with Crippen molar-refractivity contribution in [1.82, 2.24) is 14.8 Å². The van der Waals surface area contributed by atoms with Crippen LogP contribution in [0.25, 0.3) is 0 Å². The highest BCUT2D eigenvalue weighted by molar-refractivity contribution is 5.96. The van der Waals surface area contributed by atoms with Crippen LogP contribution in [0.2, 0.25) is 0 Å². The third kappa shape index (κ3) is 2.14. The minimum absolute atomic E-state index is 0.00146. The standard InChI is InChI=1S/C14H13N5O3/c1-8-12(9(2)20)13(18-14(17-8)15-7-16-18)10-3-5-11(6-4-10)19(21)22/h3-7,13H,1-2H3,(H,15,16,17)/t13-/m0/s1. The Balaban J connectivity index is 2.14. The lowest BCUT2D eigenvalue weighted by atomic mass is 9.93. The molecule has 1 N–H and O–H groups in total. The highest BCUT2D eigenvalue weighted by Crippen LogP contribution is 2.35. The van der Waals surface area contributed by atoms with Gasteiger partial charge in [-0.1, -0.05) is 0 Å². The number of nitrogens with one attached hydrogen (secondary N) is 1. The molecule has 0 amide bonds. The van der Waals surface area contributed by atoms with Crippen LogP contribution in [0.5, 0.6) is 0 Å². The molecule has 0 aliphatic carbocycles. The maximum absolute atomic E-state index is 12.0. The smallest absolute Gasteiger partial charge is 0.269 e. The van der Waals surface area contributed by atoms with E-state index in [9.17, 15) is 14.9 Å². The number of hydrogen-bond donors (Lipinski definition) is 1. The van der Waals surface area contributed by atoms with Crippen LogP contribution in [-0.2, 0) is 4.79 Å². The van der Waals surface area contributed by atoms with Gasteiger partial charge in [-0.15, -0.1) is 0 Å². The van der Waals surface area contributed by atoms with Gasteiger partial charge < -0.3 is 5.32 Å². The van der Waals surface area contributed by atoms with Crippen molar-refractivity contribution in [2.45, 2.75) is 19.9 Å². The number of non-ortho nitro benzene ring substituents is 1. The number of nitro benzene ring substituents is 1. The van der Waals surface area contributed by atoms with E-state index in [2.05, 4.69) is 15.4 Å². The molecule has 1 atom stereocenters. The Hall–Kier alpha value is -3.03. The van der Waals surface area contributed by atoms with Crippen molar-refractivity contribution < 1.29 is 9.72 Å². The number of Topliss-reactive ketones (excluding diaryl/α,β-unsaturated/α-hetero) is 1. The zero-order valence-electron chi connectivity index (χ0n) is 12.0. The van der Waals surface area contributed by atoms with Crippen LogP contribution in [-0.4, -0.2) is 25.5 Å². The molecule has 1 aliphatic heterocycles. The Morgan fingerprint density at radius 1 is 1.36 bits per heavy atom. The van der Waals surface area contributed by atoms with Crippen LogP contribution in [0.3, 0.4) is 0 Å². The number of nitrogens with zero attached hydrogens (tertiary/aromatic N) is 4. The van der Waals surface area contributed by atoms with Crippen molar-refractivity contribution in [3.8, 4) is 0 Å². The molecule has 1 aliphatic rings. The van der Waals surface area contributed by atoms with E-state index in [0.717, 1.165) is 5.56 Å². The number of carbonyl (C=O) groups excluding carboxylic acids is 1. The third-order valence-corrected chi connectivity index (χ3v) is 3.59. The second-order valence-electron chi connectivity index (χ2n) is 5.00. The molecular formula is C14H13N5O3. The number of aromatic nitrogens is 3. The van der Waals surface area contributed by atoms with Crippen LogP contribution in [0.15, 0.2) is 41.9 Å². The molecule has 0 radical (unpaired) electrons. The molecular weight excluding hydrogens is 286 g/mol. The highest BCUT2D eigenvalue weighted by Gasteiger charge is 2.31.